The van der Waals surface area contributed by atoms with Gasteiger partial charge in [0.1, 0.15) is 5.75 Å². The Labute approximate surface area is 207 Å². The zero-order chi connectivity index (χ0) is 24.9. The van der Waals surface area contributed by atoms with Gasteiger partial charge in [0.25, 0.3) is 0 Å². The quantitative estimate of drug-likeness (QED) is 0.136. The van der Waals surface area contributed by atoms with Crippen molar-refractivity contribution in [3.8, 4) is 22.6 Å². The van der Waals surface area contributed by atoms with E-state index in [9.17, 15) is 9.18 Å². The van der Waals surface area contributed by atoms with Gasteiger partial charge in [-0.15, -0.1) is 0 Å². The zero-order valence-corrected chi connectivity index (χ0v) is 20.8. The van der Waals surface area contributed by atoms with Crippen LogP contribution in [0.2, 0.25) is 0 Å². The van der Waals surface area contributed by atoms with Crippen LogP contribution in [0, 0.1) is 5.82 Å². The van der Waals surface area contributed by atoms with Gasteiger partial charge in [0, 0.05) is 12.4 Å². The van der Waals surface area contributed by atoms with Crippen molar-refractivity contribution in [3.05, 3.63) is 72.1 Å². The zero-order valence-electron chi connectivity index (χ0n) is 20.8. The molecule has 0 saturated heterocycles. The van der Waals surface area contributed by atoms with Gasteiger partial charge in [-0.1, -0.05) is 70.6 Å². The Morgan fingerprint density at radius 2 is 1.49 bits per heavy atom. The fourth-order valence-electron chi connectivity index (χ4n) is 3.70. The molecule has 0 amide bonds. The van der Waals surface area contributed by atoms with Gasteiger partial charge in [0.15, 0.2) is 11.6 Å². The van der Waals surface area contributed by atoms with Crippen molar-refractivity contribution in [2.75, 3.05) is 6.61 Å². The average Bonchev–Trinajstić information content (AvgIpc) is 2.88. The van der Waals surface area contributed by atoms with E-state index in [-0.39, 0.29) is 17.4 Å². The maximum absolute atomic E-state index is 14.5. The lowest BCUT2D eigenvalue weighted by atomic mass is 10.1. The highest BCUT2D eigenvalue weighted by Gasteiger charge is 2.13. The molecule has 0 N–H and O–H groups in total. The number of aryl methyl sites for hydroxylation is 1. The lowest BCUT2D eigenvalue weighted by Crippen LogP contribution is -2.13. The van der Waals surface area contributed by atoms with E-state index in [1.807, 2.05) is 6.07 Å². The van der Waals surface area contributed by atoms with Gasteiger partial charge in [0.05, 0.1) is 6.61 Å². The van der Waals surface area contributed by atoms with Crippen LogP contribution in [-0.4, -0.2) is 22.5 Å². The average molecular weight is 479 g/mol. The Bertz CT molecular complexity index is 1050. The minimum absolute atomic E-state index is 0.0212. The number of carbonyl (C=O) groups is 1. The molecule has 2 aromatic carbocycles. The van der Waals surface area contributed by atoms with E-state index in [2.05, 4.69) is 23.8 Å². The summed E-state index contributed by atoms with van der Waals surface area (Å²) in [4.78, 5) is 20.6. The molecular weight excluding hydrogens is 443 g/mol. The molecule has 0 aliphatic heterocycles. The summed E-state index contributed by atoms with van der Waals surface area (Å²) < 4.78 is 25.5. The molecular formula is C29H35FN2O3. The smallest absolute Gasteiger partial charge is 0.381 e. The highest BCUT2D eigenvalue weighted by Crippen LogP contribution is 2.27. The van der Waals surface area contributed by atoms with E-state index in [0.717, 1.165) is 48.8 Å². The highest BCUT2D eigenvalue weighted by atomic mass is 19.1. The van der Waals surface area contributed by atoms with Crippen LogP contribution in [0.25, 0.3) is 11.1 Å². The second kappa shape index (κ2) is 14.2. The lowest BCUT2D eigenvalue weighted by molar-refractivity contribution is 0.0721. The normalized spacial score (nSPS) is 10.8. The SMILES string of the molecule is CCCCCCCCOc1ccc(-c2ccc(OC(=O)c3ncc(CCCC)cn3)cc2)cc1F. The number of rotatable bonds is 14. The molecule has 0 atom stereocenters. The monoisotopic (exact) mass is 478 g/mol. The number of nitrogens with zero attached hydrogens (tertiary/aromatic N) is 2. The van der Waals surface area contributed by atoms with Gasteiger partial charge < -0.3 is 9.47 Å². The second-order valence-electron chi connectivity index (χ2n) is 8.69. The number of carbonyl (C=O) groups excluding carboxylic acids is 1. The third-order valence-corrected chi connectivity index (χ3v) is 5.79. The molecule has 186 valence electrons. The predicted octanol–water partition coefficient (Wildman–Crippen LogP) is 7.58. The molecule has 0 spiro atoms. The van der Waals surface area contributed by atoms with Crippen molar-refractivity contribution < 1.29 is 18.7 Å². The molecule has 3 aromatic rings. The molecule has 35 heavy (non-hydrogen) atoms. The number of aromatic nitrogens is 2. The summed E-state index contributed by atoms with van der Waals surface area (Å²) in [6.07, 6.45) is 13.3. The van der Waals surface area contributed by atoms with E-state index < -0.39 is 5.97 Å². The number of ether oxygens (including phenoxy) is 2. The van der Waals surface area contributed by atoms with Crippen molar-refractivity contribution in [2.45, 2.75) is 71.6 Å². The van der Waals surface area contributed by atoms with E-state index in [1.54, 1.807) is 42.7 Å². The summed E-state index contributed by atoms with van der Waals surface area (Å²) in [6, 6.07) is 11.9. The standard InChI is InChI=1S/C29H35FN2O3/c1-3-5-7-8-9-10-18-34-27-17-14-24(19-26(27)30)23-12-15-25(16-13-23)35-29(33)28-31-20-22(21-32-28)11-6-4-2/h12-17,19-21H,3-11,18H2,1-2H3. The number of hydrogen-bond acceptors (Lipinski definition) is 5. The molecule has 3 rings (SSSR count). The minimum atomic E-state index is -0.613. The Morgan fingerprint density at radius 1 is 0.829 bits per heavy atom. The summed E-state index contributed by atoms with van der Waals surface area (Å²) in [5, 5.41) is 0. The molecule has 6 heteroatoms. The second-order valence-corrected chi connectivity index (χ2v) is 8.69. The number of halogens is 1. The molecule has 1 aromatic heterocycles. The summed E-state index contributed by atoms with van der Waals surface area (Å²) in [6.45, 7) is 4.84. The third-order valence-electron chi connectivity index (χ3n) is 5.79. The minimum Gasteiger partial charge on any atom is -0.491 e. The van der Waals surface area contributed by atoms with Gasteiger partial charge in [-0.2, -0.15) is 0 Å². The molecule has 1 heterocycles. The van der Waals surface area contributed by atoms with Gasteiger partial charge in [-0.05, 0) is 60.2 Å². The van der Waals surface area contributed by atoms with Crippen LogP contribution in [0.1, 0.15) is 81.4 Å². The lowest BCUT2D eigenvalue weighted by Gasteiger charge is -2.10. The van der Waals surface area contributed by atoms with Crippen molar-refractivity contribution in [1.29, 1.82) is 0 Å². The third kappa shape index (κ3) is 8.46. The fourth-order valence-corrected chi connectivity index (χ4v) is 3.70. The Morgan fingerprint density at radius 3 is 2.17 bits per heavy atom. The fraction of sp³-hybridized carbons (Fsp3) is 0.414. The first-order chi connectivity index (χ1) is 17.1. The molecule has 0 bridgehead atoms. The van der Waals surface area contributed by atoms with Crippen LogP contribution in [0.4, 0.5) is 4.39 Å². The van der Waals surface area contributed by atoms with Crippen molar-refractivity contribution in [3.63, 3.8) is 0 Å². The van der Waals surface area contributed by atoms with Gasteiger partial charge >= 0.3 is 5.97 Å². The van der Waals surface area contributed by atoms with Crippen molar-refractivity contribution >= 4 is 5.97 Å². The van der Waals surface area contributed by atoms with Crippen LogP contribution in [0.3, 0.4) is 0 Å². The first-order valence-electron chi connectivity index (χ1n) is 12.7. The summed E-state index contributed by atoms with van der Waals surface area (Å²) in [7, 11) is 0. The van der Waals surface area contributed by atoms with Gasteiger partial charge in [0.2, 0.25) is 5.82 Å². The van der Waals surface area contributed by atoms with Crippen LogP contribution >= 0.6 is 0 Å². The van der Waals surface area contributed by atoms with Crippen molar-refractivity contribution in [1.82, 2.24) is 9.97 Å². The van der Waals surface area contributed by atoms with Gasteiger partial charge in [-0.3, -0.25) is 0 Å². The van der Waals surface area contributed by atoms with Crippen LogP contribution in [0.15, 0.2) is 54.9 Å². The topological polar surface area (TPSA) is 61.3 Å². The highest BCUT2D eigenvalue weighted by molar-refractivity contribution is 5.87. The van der Waals surface area contributed by atoms with Crippen molar-refractivity contribution in [2.24, 2.45) is 0 Å². The molecule has 0 radical (unpaired) electrons. The molecule has 0 unspecified atom stereocenters. The predicted molar refractivity (Wildman–Crippen MR) is 136 cm³/mol. The molecule has 5 nitrogen and oxygen atoms in total. The Balaban J connectivity index is 1.51. The molecule has 0 aliphatic carbocycles. The number of esters is 1. The summed E-state index contributed by atoms with van der Waals surface area (Å²) in [5.41, 5.74) is 2.53. The number of hydrogen-bond donors (Lipinski definition) is 0. The van der Waals surface area contributed by atoms with E-state index >= 15 is 0 Å². The number of unbranched alkanes of at least 4 members (excludes halogenated alkanes) is 6. The molecule has 0 saturated carbocycles. The van der Waals surface area contributed by atoms with E-state index in [0.29, 0.717) is 12.4 Å². The maximum Gasteiger partial charge on any atom is 0.381 e. The largest absolute Gasteiger partial charge is 0.491 e. The maximum atomic E-state index is 14.5. The molecule has 0 fully saturated rings. The van der Waals surface area contributed by atoms with Gasteiger partial charge in [-0.25, -0.2) is 19.2 Å². The van der Waals surface area contributed by atoms with E-state index in [1.165, 1.54) is 31.7 Å². The van der Waals surface area contributed by atoms with E-state index in [4.69, 9.17) is 9.47 Å². The first kappa shape index (κ1) is 26.3. The van der Waals surface area contributed by atoms with Crippen LogP contribution in [-0.2, 0) is 6.42 Å². The van der Waals surface area contributed by atoms with Crippen LogP contribution in [0.5, 0.6) is 11.5 Å². The Hall–Kier alpha value is -3.28. The summed E-state index contributed by atoms with van der Waals surface area (Å²) in [5.74, 6) is -0.334. The summed E-state index contributed by atoms with van der Waals surface area (Å²) >= 11 is 0. The Kier molecular flexibility index (Phi) is 10.7. The van der Waals surface area contributed by atoms with Crippen LogP contribution < -0.4 is 9.47 Å². The number of benzene rings is 2. The first-order valence-corrected chi connectivity index (χ1v) is 12.7. The molecule has 0 aliphatic rings.